The molecule has 0 saturated carbocycles. The maximum atomic E-state index is 12.5. The average Bonchev–Trinajstić information content (AvgIpc) is 3.17. The lowest BCUT2D eigenvalue weighted by Gasteiger charge is -2.29. The average molecular weight is 342 g/mol. The number of nitrogens with zero attached hydrogens (tertiary/aromatic N) is 2. The molecule has 0 radical (unpaired) electrons. The summed E-state index contributed by atoms with van der Waals surface area (Å²) in [6.07, 6.45) is 7.96. The largest absolute Gasteiger partial charge is 0.472 e. The van der Waals surface area contributed by atoms with E-state index >= 15 is 0 Å². The van der Waals surface area contributed by atoms with Gasteiger partial charge in [0.15, 0.2) is 5.82 Å². The maximum Gasteiger partial charge on any atom is 0.255 e. The maximum absolute atomic E-state index is 12.5. The Hall–Kier alpha value is -2.83. The van der Waals surface area contributed by atoms with Crippen molar-refractivity contribution in [2.75, 3.05) is 23.3 Å². The van der Waals surface area contributed by atoms with Crippen LogP contribution in [0, 0.1) is 0 Å². The first kappa shape index (κ1) is 17.0. The number of hydrogen-bond acceptors (Lipinski definition) is 5. The van der Waals surface area contributed by atoms with Gasteiger partial charge in [-0.2, -0.15) is 0 Å². The number of nitrogens with one attached hydrogen (secondary N) is 2. The van der Waals surface area contributed by atoms with E-state index in [0.717, 1.165) is 31.7 Å². The van der Waals surface area contributed by atoms with Gasteiger partial charge in [0.05, 0.1) is 17.5 Å². The Morgan fingerprint density at radius 1 is 1.24 bits per heavy atom. The SMILES string of the molecule is C[C@H](NC(=O)c1ccoc1)C(=O)Nc1cccnc1N1CCCCC1. The van der Waals surface area contributed by atoms with E-state index in [4.69, 9.17) is 4.42 Å². The van der Waals surface area contributed by atoms with Crippen molar-refractivity contribution in [1.82, 2.24) is 10.3 Å². The van der Waals surface area contributed by atoms with Gasteiger partial charge in [0.1, 0.15) is 12.3 Å². The predicted molar refractivity (Wildman–Crippen MR) is 94.6 cm³/mol. The molecule has 1 saturated heterocycles. The van der Waals surface area contributed by atoms with Crippen LogP contribution in [-0.4, -0.2) is 35.9 Å². The number of hydrogen-bond donors (Lipinski definition) is 2. The van der Waals surface area contributed by atoms with Gasteiger partial charge in [-0.05, 0) is 44.4 Å². The fraction of sp³-hybridized carbons (Fsp3) is 0.389. The van der Waals surface area contributed by atoms with Crippen LogP contribution in [0.3, 0.4) is 0 Å². The number of carbonyl (C=O) groups is 2. The minimum Gasteiger partial charge on any atom is -0.472 e. The molecule has 1 aliphatic heterocycles. The van der Waals surface area contributed by atoms with Crippen molar-refractivity contribution >= 4 is 23.3 Å². The third-order valence-corrected chi connectivity index (χ3v) is 4.22. The minimum absolute atomic E-state index is 0.289. The van der Waals surface area contributed by atoms with Crippen LogP contribution in [0.1, 0.15) is 36.5 Å². The number of anilines is 2. The first-order chi connectivity index (χ1) is 12.1. The van der Waals surface area contributed by atoms with Gasteiger partial charge in [-0.25, -0.2) is 4.98 Å². The number of furan rings is 1. The van der Waals surface area contributed by atoms with Crippen LogP contribution in [0.2, 0.25) is 0 Å². The molecule has 1 aliphatic rings. The number of piperidine rings is 1. The molecule has 7 heteroatoms. The molecule has 0 spiro atoms. The molecule has 0 bridgehead atoms. The Morgan fingerprint density at radius 3 is 2.76 bits per heavy atom. The van der Waals surface area contributed by atoms with Crippen LogP contribution in [0.15, 0.2) is 41.3 Å². The quantitative estimate of drug-likeness (QED) is 0.871. The summed E-state index contributed by atoms with van der Waals surface area (Å²) in [7, 11) is 0. The Labute approximate surface area is 146 Å². The third-order valence-electron chi connectivity index (χ3n) is 4.22. The van der Waals surface area contributed by atoms with Crippen LogP contribution in [0.5, 0.6) is 0 Å². The predicted octanol–water partition coefficient (Wildman–Crippen LogP) is 2.42. The molecular weight excluding hydrogens is 320 g/mol. The smallest absolute Gasteiger partial charge is 0.255 e. The van der Waals surface area contributed by atoms with Crippen LogP contribution < -0.4 is 15.5 Å². The molecule has 25 heavy (non-hydrogen) atoms. The topological polar surface area (TPSA) is 87.5 Å². The Morgan fingerprint density at radius 2 is 2.04 bits per heavy atom. The van der Waals surface area contributed by atoms with E-state index in [1.54, 1.807) is 25.3 Å². The standard InChI is InChI=1S/C18H22N4O3/c1-13(20-18(24)14-7-11-25-12-14)17(23)21-15-6-5-8-19-16(15)22-9-3-2-4-10-22/h5-8,11-13H,2-4,9-10H2,1H3,(H,20,24)(H,21,23)/t13-/m0/s1. The van der Waals surface area contributed by atoms with Crippen molar-refractivity contribution in [3.8, 4) is 0 Å². The summed E-state index contributed by atoms with van der Waals surface area (Å²) in [4.78, 5) is 31.1. The summed E-state index contributed by atoms with van der Waals surface area (Å²) in [6.45, 7) is 3.52. The molecule has 2 amide bonds. The molecule has 132 valence electrons. The summed E-state index contributed by atoms with van der Waals surface area (Å²) < 4.78 is 4.88. The number of amides is 2. The number of aromatic nitrogens is 1. The van der Waals surface area contributed by atoms with E-state index in [0.29, 0.717) is 11.3 Å². The zero-order valence-electron chi connectivity index (χ0n) is 14.2. The summed E-state index contributed by atoms with van der Waals surface area (Å²) >= 11 is 0. The monoisotopic (exact) mass is 342 g/mol. The lowest BCUT2D eigenvalue weighted by molar-refractivity contribution is -0.117. The van der Waals surface area contributed by atoms with E-state index < -0.39 is 6.04 Å². The minimum atomic E-state index is -0.684. The number of carbonyl (C=O) groups excluding carboxylic acids is 2. The van der Waals surface area contributed by atoms with Gasteiger partial charge in [0, 0.05) is 19.3 Å². The second-order valence-corrected chi connectivity index (χ2v) is 6.12. The molecule has 2 N–H and O–H groups in total. The molecular formula is C18H22N4O3. The molecule has 2 aromatic heterocycles. The van der Waals surface area contributed by atoms with Crippen molar-refractivity contribution < 1.29 is 14.0 Å². The zero-order chi connectivity index (χ0) is 17.6. The van der Waals surface area contributed by atoms with Crippen molar-refractivity contribution in [1.29, 1.82) is 0 Å². The van der Waals surface area contributed by atoms with Crippen molar-refractivity contribution in [3.05, 3.63) is 42.5 Å². The number of rotatable bonds is 5. The Balaban J connectivity index is 1.65. The highest BCUT2D eigenvalue weighted by molar-refractivity contribution is 6.01. The van der Waals surface area contributed by atoms with E-state index in [1.807, 2.05) is 6.07 Å². The van der Waals surface area contributed by atoms with Gasteiger partial charge in [-0.15, -0.1) is 0 Å². The Kier molecular flexibility index (Phi) is 5.33. The highest BCUT2D eigenvalue weighted by Gasteiger charge is 2.21. The van der Waals surface area contributed by atoms with Gasteiger partial charge < -0.3 is 20.0 Å². The van der Waals surface area contributed by atoms with E-state index in [-0.39, 0.29) is 11.8 Å². The molecule has 1 fully saturated rings. The molecule has 1 atom stereocenters. The fourth-order valence-electron chi connectivity index (χ4n) is 2.83. The zero-order valence-corrected chi connectivity index (χ0v) is 14.2. The summed E-state index contributed by atoms with van der Waals surface area (Å²) in [5.41, 5.74) is 1.05. The number of pyridine rings is 1. The highest BCUT2D eigenvalue weighted by Crippen LogP contribution is 2.25. The van der Waals surface area contributed by atoms with Gasteiger partial charge in [-0.3, -0.25) is 9.59 Å². The summed E-state index contributed by atoms with van der Waals surface area (Å²) in [6, 6.07) is 4.49. The molecule has 3 heterocycles. The van der Waals surface area contributed by atoms with Crippen LogP contribution in [-0.2, 0) is 4.79 Å². The summed E-state index contributed by atoms with van der Waals surface area (Å²) in [5, 5.41) is 5.53. The van der Waals surface area contributed by atoms with E-state index in [2.05, 4.69) is 20.5 Å². The first-order valence-corrected chi connectivity index (χ1v) is 8.49. The lowest BCUT2D eigenvalue weighted by atomic mass is 10.1. The van der Waals surface area contributed by atoms with Gasteiger partial charge in [-0.1, -0.05) is 0 Å². The van der Waals surface area contributed by atoms with Crippen LogP contribution in [0.4, 0.5) is 11.5 Å². The second kappa shape index (κ2) is 7.83. The van der Waals surface area contributed by atoms with Crippen LogP contribution in [0.25, 0.3) is 0 Å². The van der Waals surface area contributed by atoms with E-state index in [1.165, 1.54) is 18.9 Å². The van der Waals surface area contributed by atoms with Crippen molar-refractivity contribution in [3.63, 3.8) is 0 Å². The van der Waals surface area contributed by atoms with Crippen molar-refractivity contribution in [2.24, 2.45) is 0 Å². The molecule has 0 unspecified atom stereocenters. The fourth-order valence-corrected chi connectivity index (χ4v) is 2.83. The normalized spacial score (nSPS) is 15.5. The lowest BCUT2D eigenvalue weighted by Crippen LogP contribution is -2.42. The molecule has 0 aromatic carbocycles. The van der Waals surface area contributed by atoms with E-state index in [9.17, 15) is 9.59 Å². The van der Waals surface area contributed by atoms with Gasteiger partial charge >= 0.3 is 0 Å². The van der Waals surface area contributed by atoms with Crippen LogP contribution >= 0.6 is 0 Å². The third kappa shape index (κ3) is 4.17. The van der Waals surface area contributed by atoms with Gasteiger partial charge in [0.2, 0.25) is 5.91 Å². The first-order valence-electron chi connectivity index (χ1n) is 8.49. The molecule has 0 aliphatic carbocycles. The molecule has 2 aromatic rings. The van der Waals surface area contributed by atoms with Gasteiger partial charge in [0.25, 0.3) is 5.91 Å². The van der Waals surface area contributed by atoms with Crippen molar-refractivity contribution in [2.45, 2.75) is 32.2 Å². The molecule has 3 rings (SSSR count). The highest BCUT2D eigenvalue weighted by atomic mass is 16.3. The second-order valence-electron chi connectivity index (χ2n) is 6.12. The Bertz CT molecular complexity index is 724. The summed E-state index contributed by atoms with van der Waals surface area (Å²) in [5.74, 6) is 0.144. The molecule has 7 nitrogen and oxygen atoms in total.